The lowest BCUT2D eigenvalue weighted by Crippen LogP contribution is -1.96. The molecule has 1 heterocycles. The third kappa shape index (κ3) is 3.42. The van der Waals surface area contributed by atoms with Crippen LogP contribution in [-0.4, -0.2) is 17.1 Å². The average molecular weight is 339 g/mol. The summed E-state index contributed by atoms with van der Waals surface area (Å²) < 4.78 is 6.74. The van der Waals surface area contributed by atoms with Gasteiger partial charge in [0.2, 0.25) is 0 Å². The lowest BCUT2D eigenvalue weighted by Gasteiger charge is -2.08. The van der Waals surface area contributed by atoms with Crippen molar-refractivity contribution in [2.24, 2.45) is 0 Å². The van der Waals surface area contributed by atoms with Crippen LogP contribution in [0.15, 0.2) is 28.7 Å². The van der Waals surface area contributed by atoms with Gasteiger partial charge in [-0.05, 0) is 46.6 Å². The van der Waals surface area contributed by atoms with Gasteiger partial charge in [-0.15, -0.1) is 0 Å². The number of benzene rings is 1. The molecule has 2 aromatic rings. The molecule has 3 nitrogen and oxygen atoms in total. The minimum absolute atomic E-state index is 0.615. The highest BCUT2D eigenvalue weighted by Gasteiger charge is 2.06. The number of aromatic nitrogens is 2. The van der Waals surface area contributed by atoms with Gasteiger partial charge >= 0.3 is 0 Å². The topological polar surface area (TPSA) is 37.9 Å². The fraction of sp³-hybridized carbons (Fsp3) is 0.286. The molecule has 2 rings (SSSR count). The molecule has 0 spiro atoms. The highest BCUT2D eigenvalue weighted by molar-refractivity contribution is 9.10. The SMILES string of the molecule is CCCc1cc(=S)nc(-c2ccc(OC)c(Br)c2)[nH]1. The van der Waals surface area contributed by atoms with E-state index in [4.69, 9.17) is 17.0 Å². The molecule has 0 aliphatic rings. The van der Waals surface area contributed by atoms with Crippen LogP contribution in [0.1, 0.15) is 19.0 Å². The number of nitrogens with zero attached hydrogens (tertiary/aromatic N) is 1. The van der Waals surface area contributed by atoms with Gasteiger partial charge in [-0.1, -0.05) is 25.6 Å². The van der Waals surface area contributed by atoms with Crippen molar-refractivity contribution in [2.45, 2.75) is 19.8 Å². The molecule has 1 N–H and O–H groups in total. The second-order valence-electron chi connectivity index (χ2n) is 4.19. The Balaban J connectivity index is 2.46. The highest BCUT2D eigenvalue weighted by atomic mass is 79.9. The number of ether oxygens (including phenoxy) is 1. The predicted octanol–water partition coefficient (Wildman–Crippen LogP) is 4.53. The van der Waals surface area contributed by atoms with E-state index in [-0.39, 0.29) is 0 Å². The maximum Gasteiger partial charge on any atom is 0.139 e. The number of methoxy groups -OCH3 is 1. The Morgan fingerprint density at radius 1 is 1.37 bits per heavy atom. The zero-order valence-electron chi connectivity index (χ0n) is 10.9. The van der Waals surface area contributed by atoms with E-state index in [1.165, 1.54) is 0 Å². The van der Waals surface area contributed by atoms with E-state index in [1.54, 1.807) is 7.11 Å². The molecular formula is C14H15BrN2OS. The molecule has 0 amide bonds. The molecule has 0 saturated carbocycles. The summed E-state index contributed by atoms with van der Waals surface area (Å²) in [5.74, 6) is 1.59. The van der Waals surface area contributed by atoms with Crippen molar-refractivity contribution in [1.29, 1.82) is 0 Å². The van der Waals surface area contributed by atoms with E-state index in [2.05, 4.69) is 32.8 Å². The van der Waals surface area contributed by atoms with Gasteiger partial charge in [0, 0.05) is 11.3 Å². The van der Waals surface area contributed by atoms with Crippen molar-refractivity contribution >= 4 is 28.1 Å². The van der Waals surface area contributed by atoms with Gasteiger partial charge in [0.05, 0.1) is 11.6 Å². The summed E-state index contributed by atoms with van der Waals surface area (Å²) in [5.41, 5.74) is 2.10. The largest absolute Gasteiger partial charge is 0.496 e. The number of rotatable bonds is 4. The predicted molar refractivity (Wildman–Crippen MR) is 83.1 cm³/mol. The Morgan fingerprint density at radius 3 is 2.79 bits per heavy atom. The third-order valence-electron chi connectivity index (χ3n) is 2.74. The molecule has 0 atom stereocenters. The molecule has 0 aliphatic carbocycles. The van der Waals surface area contributed by atoms with E-state index in [0.717, 1.165) is 40.1 Å². The highest BCUT2D eigenvalue weighted by Crippen LogP contribution is 2.29. The summed E-state index contributed by atoms with van der Waals surface area (Å²) in [6.07, 6.45) is 2.04. The Morgan fingerprint density at radius 2 is 2.16 bits per heavy atom. The van der Waals surface area contributed by atoms with E-state index in [0.29, 0.717) is 4.64 Å². The number of hydrogen-bond acceptors (Lipinski definition) is 3. The zero-order valence-corrected chi connectivity index (χ0v) is 13.3. The monoisotopic (exact) mass is 338 g/mol. The van der Waals surface area contributed by atoms with Crippen molar-refractivity contribution in [1.82, 2.24) is 9.97 Å². The molecule has 19 heavy (non-hydrogen) atoms. The zero-order chi connectivity index (χ0) is 13.8. The lowest BCUT2D eigenvalue weighted by atomic mass is 10.2. The molecule has 0 fully saturated rings. The van der Waals surface area contributed by atoms with Gasteiger partial charge in [-0.3, -0.25) is 0 Å². The molecule has 1 aromatic carbocycles. The third-order valence-corrected chi connectivity index (χ3v) is 3.57. The Kier molecular flexibility index (Phi) is 4.71. The van der Waals surface area contributed by atoms with Gasteiger partial charge in [0.15, 0.2) is 0 Å². The second-order valence-corrected chi connectivity index (χ2v) is 5.47. The standard InChI is InChI=1S/C14H15BrN2OS/c1-3-4-10-8-13(19)17-14(16-10)9-5-6-12(18-2)11(15)7-9/h5-8H,3-4H2,1-2H3,(H,16,17,19). The van der Waals surface area contributed by atoms with E-state index < -0.39 is 0 Å². The summed E-state index contributed by atoms with van der Waals surface area (Å²) in [7, 11) is 1.65. The van der Waals surface area contributed by atoms with Crippen molar-refractivity contribution in [3.8, 4) is 17.1 Å². The summed E-state index contributed by atoms with van der Waals surface area (Å²) in [6.45, 7) is 2.14. The molecule has 0 unspecified atom stereocenters. The number of halogens is 1. The fourth-order valence-corrected chi connectivity index (χ4v) is 2.64. The van der Waals surface area contributed by atoms with Crippen LogP contribution in [0.5, 0.6) is 5.75 Å². The average Bonchev–Trinajstić information content (AvgIpc) is 2.38. The molecule has 0 saturated heterocycles. The Labute approximate surface area is 126 Å². The smallest absolute Gasteiger partial charge is 0.139 e. The van der Waals surface area contributed by atoms with Crippen LogP contribution < -0.4 is 4.74 Å². The van der Waals surface area contributed by atoms with E-state index in [9.17, 15) is 0 Å². The minimum atomic E-state index is 0.615. The molecule has 100 valence electrons. The Bertz CT molecular complexity index is 640. The first kappa shape index (κ1) is 14.2. The first-order chi connectivity index (χ1) is 9.13. The quantitative estimate of drug-likeness (QED) is 0.832. The first-order valence-corrected chi connectivity index (χ1v) is 7.28. The molecule has 0 bridgehead atoms. The van der Waals surface area contributed by atoms with Gasteiger partial charge in [-0.2, -0.15) is 0 Å². The van der Waals surface area contributed by atoms with Crippen molar-refractivity contribution in [3.05, 3.63) is 39.1 Å². The van der Waals surface area contributed by atoms with Crippen molar-refractivity contribution in [3.63, 3.8) is 0 Å². The Hall–Kier alpha value is -1.20. The summed E-state index contributed by atoms with van der Waals surface area (Å²) in [5, 5.41) is 0. The second kappa shape index (κ2) is 6.30. The number of nitrogens with one attached hydrogen (secondary N) is 1. The first-order valence-electron chi connectivity index (χ1n) is 6.08. The van der Waals surface area contributed by atoms with Crippen LogP contribution in [0.25, 0.3) is 11.4 Å². The van der Waals surface area contributed by atoms with Crippen LogP contribution in [-0.2, 0) is 6.42 Å². The normalized spacial score (nSPS) is 10.5. The van der Waals surface area contributed by atoms with E-state index in [1.807, 2.05) is 24.3 Å². The number of aromatic amines is 1. The van der Waals surface area contributed by atoms with Crippen molar-refractivity contribution in [2.75, 3.05) is 7.11 Å². The van der Waals surface area contributed by atoms with Gasteiger partial charge < -0.3 is 9.72 Å². The summed E-state index contributed by atoms with van der Waals surface area (Å²) in [6, 6.07) is 7.76. The maximum atomic E-state index is 5.22. The summed E-state index contributed by atoms with van der Waals surface area (Å²) >= 11 is 8.69. The lowest BCUT2D eigenvalue weighted by molar-refractivity contribution is 0.412. The van der Waals surface area contributed by atoms with Crippen LogP contribution >= 0.6 is 28.1 Å². The number of H-pyrrole nitrogens is 1. The van der Waals surface area contributed by atoms with Crippen LogP contribution in [0.3, 0.4) is 0 Å². The van der Waals surface area contributed by atoms with Crippen LogP contribution in [0, 0.1) is 4.64 Å². The molecule has 5 heteroatoms. The fourth-order valence-electron chi connectivity index (χ4n) is 1.86. The van der Waals surface area contributed by atoms with Gasteiger partial charge in [0.25, 0.3) is 0 Å². The van der Waals surface area contributed by atoms with Gasteiger partial charge in [0.1, 0.15) is 16.2 Å². The van der Waals surface area contributed by atoms with Crippen LogP contribution in [0.4, 0.5) is 0 Å². The van der Waals surface area contributed by atoms with Gasteiger partial charge in [-0.25, -0.2) is 4.98 Å². The number of hydrogen-bond donors (Lipinski definition) is 1. The molecule has 0 radical (unpaired) electrons. The minimum Gasteiger partial charge on any atom is -0.496 e. The number of aryl methyl sites for hydroxylation is 1. The van der Waals surface area contributed by atoms with Crippen LogP contribution in [0.2, 0.25) is 0 Å². The summed E-state index contributed by atoms with van der Waals surface area (Å²) in [4.78, 5) is 7.71. The van der Waals surface area contributed by atoms with E-state index >= 15 is 0 Å². The van der Waals surface area contributed by atoms with Crippen molar-refractivity contribution < 1.29 is 4.74 Å². The molecular weight excluding hydrogens is 324 g/mol. The molecule has 0 aliphatic heterocycles. The maximum absolute atomic E-state index is 5.22. The molecule has 1 aromatic heterocycles.